The minimum absolute atomic E-state index is 0.400. The average Bonchev–Trinajstić information content (AvgIpc) is 2.29. The summed E-state index contributed by atoms with van der Waals surface area (Å²) in [5.74, 6) is 0.0204. The lowest BCUT2D eigenvalue weighted by Crippen LogP contribution is -2.44. The van der Waals surface area contributed by atoms with E-state index in [4.69, 9.17) is 5.11 Å². The van der Waals surface area contributed by atoms with E-state index in [2.05, 4.69) is 5.32 Å². The van der Waals surface area contributed by atoms with E-state index in [-0.39, 0.29) is 0 Å². The Kier molecular flexibility index (Phi) is 1.42. The summed E-state index contributed by atoms with van der Waals surface area (Å²) >= 11 is 0. The van der Waals surface area contributed by atoms with Crippen molar-refractivity contribution >= 4 is 5.97 Å². The molecule has 2 bridgehead atoms. The lowest BCUT2D eigenvalue weighted by Gasteiger charge is -2.29. The quantitative estimate of drug-likeness (QED) is 0.578. The number of carboxylic acid groups (broad SMARTS) is 1. The zero-order valence-corrected chi connectivity index (χ0v) is 6.47. The first-order chi connectivity index (χ1) is 5.23. The van der Waals surface area contributed by atoms with Gasteiger partial charge in [-0.25, -0.2) is 0 Å². The van der Waals surface area contributed by atoms with E-state index in [0.29, 0.717) is 12.5 Å². The zero-order valence-electron chi connectivity index (χ0n) is 6.47. The molecular weight excluding hydrogens is 142 g/mol. The number of hydrogen-bond acceptors (Lipinski definition) is 2. The Bertz CT molecular complexity index is 189. The Labute approximate surface area is 65.8 Å². The highest BCUT2D eigenvalue weighted by Crippen LogP contribution is 2.43. The average molecular weight is 155 g/mol. The van der Waals surface area contributed by atoms with E-state index < -0.39 is 11.4 Å². The molecule has 3 nitrogen and oxygen atoms in total. The van der Waals surface area contributed by atoms with Crippen molar-refractivity contribution < 1.29 is 9.90 Å². The summed E-state index contributed by atoms with van der Waals surface area (Å²) in [6.07, 6.45) is 2.87. The lowest BCUT2D eigenvalue weighted by molar-refractivity contribution is -0.149. The number of aliphatic carboxylic acids is 1. The van der Waals surface area contributed by atoms with Gasteiger partial charge in [0.2, 0.25) is 0 Å². The molecule has 1 heterocycles. The maximum absolute atomic E-state index is 10.9. The van der Waals surface area contributed by atoms with Crippen LogP contribution in [0.1, 0.15) is 19.3 Å². The first kappa shape index (κ1) is 7.10. The third kappa shape index (κ3) is 0.948. The highest BCUT2D eigenvalue weighted by atomic mass is 16.4. The topological polar surface area (TPSA) is 49.3 Å². The smallest absolute Gasteiger partial charge is 0.310 e. The number of fused-ring (bicyclic) bond motifs is 2. The molecule has 0 aromatic carbocycles. The van der Waals surface area contributed by atoms with Crippen molar-refractivity contribution in [1.29, 1.82) is 0 Å². The van der Waals surface area contributed by atoms with Crippen LogP contribution < -0.4 is 5.32 Å². The van der Waals surface area contributed by atoms with Gasteiger partial charge in [-0.3, -0.25) is 4.79 Å². The first-order valence-corrected chi connectivity index (χ1v) is 4.17. The van der Waals surface area contributed by atoms with Gasteiger partial charge in [0.05, 0.1) is 5.41 Å². The number of carbonyl (C=O) groups is 1. The summed E-state index contributed by atoms with van der Waals surface area (Å²) in [4.78, 5) is 10.9. The van der Waals surface area contributed by atoms with Crippen LogP contribution >= 0.6 is 0 Å². The van der Waals surface area contributed by atoms with Gasteiger partial charge in [0.1, 0.15) is 0 Å². The molecule has 1 aliphatic carbocycles. The molecular formula is C8H13NO2. The Morgan fingerprint density at radius 3 is 3.09 bits per heavy atom. The Morgan fingerprint density at radius 2 is 2.45 bits per heavy atom. The second kappa shape index (κ2) is 2.21. The van der Waals surface area contributed by atoms with Gasteiger partial charge in [0, 0.05) is 6.54 Å². The molecule has 0 aromatic rings. The Balaban J connectivity index is 2.19. The molecule has 3 heteroatoms. The van der Waals surface area contributed by atoms with Crippen molar-refractivity contribution in [3.05, 3.63) is 0 Å². The molecule has 1 saturated heterocycles. The lowest BCUT2D eigenvalue weighted by atomic mass is 9.83. The summed E-state index contributed by atoms with van der Waals surface area (Å²) in [5.41, 5.74) is -0.400. The van der Waals surface area contributed by atoms with Crippen molar-refractivity contribution in [3.8, 4) is 0 Å². The van der Waals surface area contributed by atoms with Crippen LogP contribution in [0.2, 0.25) is 0 Å². The van der Waals surface area contributed by atoms with E-state index in [1.165, 1.54) is 0 Å². The van der Waals surface area contributed by atoms with E-state index in [1.807, 2.05) is 0 Å². The number of carboxylic acids is 1. The first-order valence-electron chi connectivity index (χ1n) is 4.17. The number of rotatable bonds is 1. The minimum Gasteiger partial charge on any atom is -0.481 e. The van der Waals surface area contributed by atoms with Crippen molar-refractivity contribution in [1.82, 2.24) is 5.32 Å². The van der Waals surface area contributed by atoms with Gasteiger partial charge < -0.3 is 10.4 Å². The largest absolute Gasteiger partial charge is 0.481 e. The summed E-state index contributed by atoms with van der Waals surface area (Å²) < 4.78 is 0. The Hall–Kier alpha value is -0.570. The van der Waals surface area contributed by atoms with Crippen molar-refractivity contribution in [2.75, 3.05) is 13.1 Å². The third-order valence-corrected chi connectivity index (χ3v) is 3.06. The summed E-state index contributed by atoms with van der Waals surface area (Å²) in [6, 6.07) is 0. The van der Waals surface area contributed by atoms with Crippen molar-refractivity contribution in [3.63, 3.8) is 0 Å². The maximum Gasteiger partial charge on any atom is 0.310 e. The van der Waals surface area contributed by atoms with Crippen LogP contribution in [0.5, 0.6) is 0 Å². The van der Waals surface area contributed by atoms with Crippen LogP contribution in [-0.2, 0) is 4.79 Å². The van der Waals surface area contributed by atoms with Gasteiger partial charge >= 0.3 is 5.97 Å². The third-order valence-electron chi connectivity index (χ3n) is 3.06. The van der Waals surface area contributed by atoms with Crippen LogP contribution in [-0.4, -0.2) is 24.2 Å². The fourth-order valence-corrected chi connectivity index (χ4v) is 2.36. The molecule has 0 radical (unpaired) electrons. The second-order valence-electron chi connectivity index (χ2n) is 3.83. The van der Waals surface area contributed by atoms with Gasteiger partial charge in [-0.2, -0.15) is 0 Å². The van der Waals surface area contributed by atoms with Crippen LogP contribution in [0.25, 0.3) is 0 Å². The number of nitrogens with one attached hydrogen (secondary N) is 1. The maximum atomic E-state index is 10.9. The summed E-state index contributed by atoms with van der Waals surface area (Å²) in [6.45, 7) is 1.70. The van der Waals surface area contributed by atoms with Crippen molar-refractivity contribution in [2.45, 2.75) is 19.3 Å². The van der Waals surface area contributed by atoms with Crippen molar-refractivity contribution in [2.24, 2.45) is 11.3 Å². The standard InChI is InChI=1S/C8H13NO2/c10-7(11)8-2-1-6(3-8)4-9-5-8/h6,9H,1-5H2,(H,10,11)/t6-,8+/m1/s1. The fourth-order valence-electron chi connectivity index (χ4n) is 2.36. The van der Waals surface area contributed by atoms with Gasteiger partial charge in [-0.1, -0.05) is 0 Å². The summed E-state index contributed by atoms with van der Waals surface area (Å²) in [7, 11) is 0. The second-order valence-corrected chi connectivity index (χ2v) is 3.83. The monoisotopic (exact) mass is 155 g/mol. The molecule has 2 N–H and O–H groups in total. The Morgan fingerprint density at radius 1 is 1.64 bits per heavy atom. The van der Waals surface area contributed by atoms with E-state index >= 15 is 0 Å². The number of piperidine rings is 1. The summed E-state index contributed by atoms with van der Waals surface area (Å²) in [5, 5.41) is 12.2. The highest BCUT2D eigenvalue weighted by Gasteiger charge is 2.47. The highest BCUT2D eigenvalue weighted by molar-refractivity contribution is 5.75. The fraction of sp³-hybridized carbons (Fsp3) is 0.875. The molecule has 1 saturated carbocycles. The molecule has 11 heavy (non-hydrogen) atoms. The van der Waals surface area contributed by atoms with Crippen LogP contribution in [0.4, 0.5) is 0 Å². The zero-order chi connectivity index (χ0) is 7.90. The minimum atomic E-state index is -0.604. The molecule has 2 fully saturated rings. The molecule has 0 amide bonds. The predicted molar refractivity (Wildman–Crippen MR) is 40.3 cm³/mol. The molecule has 0 aromatic heterocycles. The van der Waals surface area contributed by atoms with Gasteiger partial charge in [-0.15, -0.1) is 0 Å². The molecule has 2 aliphatic rings. The molecule has 2 atom stereocenters. The molecule has 0 unspecified atom stereocenters. The predicted octanol–water partition coefficient (Wildman–Crippen LogP) is 0.461. The molecule has 0 spiro atoms. The molecule has 2 rings (SSSR count). The molecule has 62 valence electrons. The van der Waals surface area contributed by atoms with Crippen LogP contribution in [0.15, 0.2) is 0 Å². The molecule has 1 aliphatic heterocycles. The van der Waals surface area contributed by atoms with Crippen LogP contribution in [0, 0.1) is 11.3 Å². The van der Waals surface area contributed by atoms with E-state index in [9.17, 15) is 4.79 Å². The van der Waals surface area contributed by atoms with Gasteiger partial charge in [-0.05, 0) is 31.7 Å². The SMILES string of the molecule is O=C(O)[C@]12CC[C@@H](CNC1)C2. The van der Waals surface area contributed by atoms with E-state index in [0.717, 1.165) is 25.8 Å². The van der Waals surface area contributed by atoms with Gasteiger partial charge in [0.25, 0.3) is 0 Å². The van der Waals surface area contributed by atoms with Gasteiger partial charge in [0.15, 0.2) is 0 Å². The van der Waals surface area contributed by atoms with E-state index in [1.54, 1.807) is 0 Å². The normalized spacial score (nSPS) is 42.4. The van der Waals surface area contributed by atoms with Crippen LogP contribution in [0.3, 0.4) is 0 Å². The number of hydrogen-bond donors (Lipinski definition) is 2.